The lowest BCUT2D eigenvalue weighted by atomic mass is 10.2. The number of nitriles is 1. The third kappa shape index (κ3) is 2.87. The molecule has 5 nitrogen and oxygen atoms in total. The second kappa shape index (κ2) is 5.46. The van der Waals surface area contributed by atoms with Crippen molar-refractivity contribution >= 4 is 23.3 Å². The summed E-state index contributed by atoms with van der Waals surface area (Å²) in [5.41, 5.74) is 1.62. The molecule has 1 aromatic heterocycles. The van der Waals surface area contributed by atoms with E-state index in [0.29, 0.717) is 28.4 Å². The Hall–Kier alpha value is -2.45. The van der Waals surface area contributed by atoms with Crippen molar-refractivity contribution in [2.75, 3.05) is 5.32 Å². The number of anilines is 1. The van der Waals surface area contributed by atoms with Crippen LogP contribution in [0.25, 0.3) is 0 Å². The van der Waals surface area contributed by atoms with Gasteiger partial charge in [0.05, 0.1) is 16.8 Å². The van der Waals surface area contributed by atoms with Crippen LogP contribution in [0.2, 0.25) is 5.02 Å². The molecule has 0 aliphatic rings. The van der Waals surface area contributed by atoms with Crippen LogP contribution in [0.5, 0.6) is 0 Å². The summed E-state index contributed by atoms with van der Waals surface area (Å²) in [6, 6.07) is 8.46. The van der Waals surface area contributed by atoms with Crippen LogP contribution < -0.4 is 5.32 Å². The molecule has 0 saturated carbocycles. The molecule has 6 heteroatoms. The zero-order valence-corrected chi connectivity index (χ0v) is 10.4. The van der Waals surface area contributed by atoms with Gasteiger partial charge in [0.25, 0.3) is 0 Å². The van der Waals surface area contributed by atoms with E-state index in [-0.39, 0.29) is 5.76 Å². The lowest BCUT2D eigenvalue weighted by Crippen LogP contribution is -2.04. The average molecular weight is 277 g/mol. The van der Waals surface area contributed by atoms with E-state index in [9.17, 15) is 4.79 Å². The number of furan rings is 1. The van der Waals surface area contributed by atoms with Crippen molar-refractivity contribution in [2.24, 2.45) is 0 Å². The Kier molecular flexibility index (Phi) is 3.74. The molecule has 0 aliphatic heterocycles. The first-order chi connectivity index (χ1) is 9.11. The monoisotopic (exact) mass is 276 g/mol. The highest BCUT2D eigenvalue weighted by Crippen LogP contribution is 2.21. The molecule has 0 amide bonds. The number of hydrogen-bond acceptors (Lipinski definition) is 4. The normalized spacial score (nSPS) is 9.89. The number of aromatic carboxylic acids is 1. The van der Waals surface area contributed by atoms with Gasteiger partial charge in [0.1, 0.15) is 6.07 Å². The predicted molar refractivity (Wildman–Crippen MR) is 69.2 cm³/mol. The number of benzene rings is 1. The van der Waals surface area contributed by atoms with Crippen LogP contribution in [-0.4, -0.2) is 11.1 Å². The average Bonchev–Trinajstić information content (AvgIpc) is 2.85. The summed E-state index contributed by atoms with van der Waals surface area (Å²) >= 11 is 5.90. The lowest BCUT2D eigenvalue weighted by molar-refractivity contribution is 0.0661. The van der Waals surface area contributed by atoms with Gasteiger partial charge in [-0.25, -0.2) is 4.79 Å². The molecule has 0 radical (unpaired) electrons. The van der Waals surface area contributed by atoms with Crippen molar-refractivity contribution < 1.29 is 14.3 Å². The minimum Gasteiger partial charge on any atom is -0.475 e. The van der Waals surface area contributed by atoms with Gasteiger partial charge in [0.2, 0.25) is 5.76 Å². The first-order valence-electron chi connectivity index (χ1n) is 5.35. The smallest absolute Gasteiger partial charge is 0.372 e. The molecule has 96 valence electrons. The Balaban J connectivity index is 2.11. The van der Waals surface area contributed by atoms with E-state index in [4.69, 9.17) is 26.4 Å². The van der Waals surface area contributed by atoms with Gasteiger partial charge in [-0.15, -0.1) is 0 Å². The van der Waals surface area contributed by atoms with Gasteiger partial charge in [0.15, 0.2) is 0 Å². The first kappa shape index (κ1) is 13.0. The fourth-order valence-electron chi connectivity index (χ4n) is 1.58. The Bertz CT molecular complexity index is 658. The Morgan fingerprint density at radius 2 is 2.26 bits per heavy atom. The summed E-state index contributed by atoms with van der Waals surface area (Å²) < 4.78 is 4.87. The molecule has 0 bridgehead atoms. The van der Waals surface area contributed by atoms with E-state index in [1.807, 2.05) is 6.07 Å². The maximum atomic E-state index is 10.9. The number of hydrogen-bond donors (Lipinski definition) is 2. The van der Waals surface area contributed by atoms with E-state index < -0.39 is 5.97 Å². The summed E-state index contributed by atoms with van der Waals surface area (Å²) in [4.78, 5) is 10.9. The predicted octanol–water partition coefficient (Wildman–Crippen LogP) is 3.11. The maximum Gasteiger partial charge on any atom is 0.372 e. The van der Waals surface area contributed by atoms with Gasteiger partial charge in [-0.2, -0.15) is 5.26 Å². The molecule has 0 aliphatic carbocycles. The highest BCUT2D eigenvalue weighted by molar-refractivity contribution is 6.32. The summed E-state index contributed by atoms with van der Waals surface area (Å²) in [7, 11) is 0. The number of rotatable bonds is 4. The lowest BCUT2D eigenvalue weighted by Gasteiger charge is -2.06. The van der Waals surface area contributed by atoms with Crippen molar-refractivity contribution in [3.63, 3.8) is 0 Å². The number of nitrogens with zero attached hydrogens (tertiary/aromatic N) is 1. The maximum absolute atomic E-state index is 10.9. The Labute approximate surface area is 114 Å². The Morgan fingerprint density at radius 3 is 2.89 bits per heavy atom. The first-order valence-corrected chi connectivity index (χ1v) is 5.73. The van der Waals surface area contributed by atoms with Crippen LogP contribution in [0, 0.1) is 11.3 Å². The van der Waals surface area contributed by atoms with Crippen LogP contribution in [-0.2, 0) is 6.54 Å². The summed E-state index contributed by atoms with van der Waals surface area (Å²) in [6.07, 6.45) is 1.33. The SMILES string of the molecule is N#Cc1ccc(NCc2ccoc2C(=O)O)cc1Cl. The van der Waals surface area contributed by atoms with Crippen LogP contribution >= 0.6 is 11.6 Å². The number of halogens is 1. The highest BCUT2D eigenvalue weighted by atomic mass is 35.5. The standard InChI is InChI=1S/C13H9ClN2O3/c14-11-5-10(2-1-8(11)6-15)16-7-9-3-4-19-12(9)13(17)18/h1-5,16H,7H2,(H,17,18). The van der Waals surface area contributed by atoms with Crippen molar-refractivity contribution in [1.82, 2.24) is 0 Å². The molecule has 0 atom stereocenters. The van der Waals surface area contributed by atoms with Crippen LogP contribution in [0.3, 0.4) is 0 Å². The van der Waals surface area contributed by atoms with Gasteiger partial charge < -0.3 is 14.8 Å². The number of carboxylic acid groups (broad SMARTS) is 1. The summed E-state index contributed by atoms with van der Waals surface area (Å²) in [5.74, 6) is -1.20. The second-order valence-corrected chi connectivity index (χ2v) is 4.15. The van der Waals surface area contributed by atoms with Crippen molar-refractivity contribution in [2.45, 2.75) is 6.54 Å². The molecule has 0 unspecified atom stereocenters. The van der Waals surface area contributed by atoms with Gasteiger partial charge in [-0.3, -0.25) is 0 Å². The van der Waals surface area contributed by atoms with Gasteiger partial charge in [-0.1, -0.05) is 11.6 Å². The molecule has 19 heavy (non-hydrogen) atoms. The molecule has 1 aromatic carbocycles. The van der Waals surface area contributed by atoms with Gasteiger partial charge in [0, 0.05) is 17.8 Å². The quantitative estimate of drug-likeness (QED) is 0.896. The second-order valence-electron chi connectivity index (χ2n) is 3.74. The molecule has 1 heterocycles. The van der Waals surface area contributed by atoms with Crippen molar-refractivity contribution in [3.8, 4) is 6.07 Å². The molecule has 2 N–H and O–H groups in total. The highest BCUT2D eigenvalue weighted by Gasteiger charge is 2.13. The molecular weight excluding hydrogens is 268 g/mol. The molecular formula is C13H9ClN2O3. The molecule has 0 fully saturated rings. The Morgan fingerprint density at radius 1 is 1.47 bits per heavy atom. The zero-order chi connectivity index (χ0) is 13.8. The molecule has 0 saturated heterocycles. The van der Waals surface area contributed by atoms with Gasteiger partial charge in [-0.05, 0) is 24.3 Å². The van der Waals surface area contributed by atoms with E-state index in [0.717, 1.165) is 0 Å². The van der Waals surface area contributed by atoms with E-state index in [1.54, 1.807) is 24.3 Å². The molecule has 2 aromatic rings. The molecule has 2 rings (SSSR count). The topological polar surface area (TPSA) is 86.3 Å². The third-order valence-electron chi connectivity index (χ3n) is 2.51. The fourth-order valence-corrected chi connectivity index (χ4v) is 1.80. The van der Waals surface area contributed by atoms with Gasteiger partial charge >= 0.3 is 5.97 Å². The third-order valence-corrected chi connectivity index (χ3v) is 2.83. The van der Waals surface area contributed by atoms with E-state index >= 15 is 0 Å². The van der Waals surface area contributed by atoms with E-state index in [2.05, 4.69) is 5.32 Å². The number of carboxylic acids is 1. The minimum atomic E-state index is -1.11. The molecule has 0 spiro atoms. The van der Waals surface area contributed by atoms with Crippen LogP contribution in [0.4, 0.5) is 5.69 Å². The van der Waals surface area contributed by atoms with Crippen molar-refractivity contribution in [1.29, 1.82) is 5.26 Å². The zero-order valence-electron chi connectivity index (χ0n) is 9.68. The summed E-state index contributed by atoms with van der Waals surface area (Å²) in [6.45, 7) is 0.292. The number of nitrogens with one attached hydrogen (secondary N) is 1. The van der Waals surface area contributed by atoms with Crippen LogP contribution in [0.1, 0.15) is 21.7 Å². The summed E-state index contributed by atoms with van der Waals surface area (Å²) in [5, 5.41) is 21.0. The van der Waals surface area contributed by atoms with Crippen LogP contribution in [0.15, 0.2) is 34.9 Å². The fraction of sp³-hybridized carbons (Fsp3) is 0.0769. The minimum absolute atomic E-state index is 0.0905. The van der Waals surface area contributed by atoms with E-state index in [1.165, 1.54) is 6.26 Å². The van der Waals surface area contributed by atoms with Crippen molar-refractivity contribution in [3.05, 3.63) is 52.4 Å². The number of carbonyl (C=O) groups is 1. The largest absolute Gasteiger partial charge is 0.475 e.